The van der Waals surface area contributed by atoms with Crippen LogP contribution >= 0.6 is 0 Å². The van der Waals surface area contributed by atoms with Crippen molar-refractivity contribution in [2.75, 3.05) is 44.6 Å². The van der Waals surface area contributed by atoms with E-state index in [2.05, 4.69) is 34.6 Å². The molecule has 5 rings (SSSR count). The maximum atomic E-state index is 12.4. The number of hydrogen-bond acceptors (Lipinski definition) is 6. The number of benzene rings is 2. The lowest BCUT2D eigenvalue weighted by Crippen LogP contribution is -2.50. The minimum absolute atomic E-state index is 0.110. The van der Waals surface area contributed by atoms with Crippen molar-refractivity contribution in [2.45, 2.75) is 32.0 Å². The molecule has 1 aliphatic carbocycles. The summed E-state index contributed by atoms with van der Waals surface area (Å²) in [6.07, 6.45) is -0.226. The highest BCUT2D eigenvalue weighted by Crippen LogP contribution is 2.27. The molecule has 0 saturated carbocycles. The number of hydrogen-bond donors (Lipinski definition) is 2. The summed E-state index contributed by atoms with van der Waals surface area (Å²) in [7, 11) is 0. The first kappa shape index (κ1) is 25.0. The lowest BCUT2D eigenvalue weighted by atomic mass is 10.1. The molecule has 1 saturated heterocycles. The van der Waals surface area contributed by atoms with Gasteiger partial charge in [-0.1, -0.05) is 24.3 Å². The number of amides is 1. The van der Waals surface area contributed by atoms with Crippen LogP contribution in [0.15, 0.2) is 47.5 Å². The Hall–Kier alpha value is -3.11. The molecule has 0 spiro atoms. The quantitative estimate of drug-likeness (QED) is 0.688. The van der Waals surface area contributed by atoms with E-state index in [4.69, 9.17) is 10.5 Å². The number of rotatable bonds is 4. The van der Waals surface area contributed by atoms with Gasteiger partial charge in [0.2, 0.25) is 5.91 Å². The van der Waals surface area contributed by atoms with Crippen molar-refractivity contribution < 1.29 is 22.7 Å². The van der Waals surface area contributed by atoms with E-state index < -0.39 is 12.7 Å². The predicted molar refractivity (Wildman–Crippen MR) is 129 cm³/mol. The smallest absolute Gasteiger partial charge is 0.401 e. The Kier molecular flexibility index (Phi) is 7.92. The van der Waals surface area contributed by atoms with Gasteiger partial charge in [0, 0.05) is 37.4 Å². The number of alkyl halides is 3. The number of aliphatic imine (C=N–C) groups is 1. The number of aryl methyl sites for hydroxylation is 2. The van der Waals surface area contributed by atoms with Crippen LogP contribution in [0.25, 0.3) is 0 Å². The van der Waals surface area contributed by atoms with E-state index in [9.17, 15) is 18.0 Å². The topological polar surface area (TPSA) is 83.2 Å². The number of carbonyl (C=O) groups excluding carboxylic acids is 1. The van der Waals surface area contributed by atoms with Gasteiger partial charge in [-0.2, -0.15) is 18.2 Å². The Morgan fingerprint density at radius 1 is 1.00 bits per heavy atom. The second kappa shape index (κ2) is 11.1. The number of amidine groups is 1. The molecule has 3 N–H and O–H groups in total. The number of anilines is 1. The number of carbonyl (C=O) groups is 1. The van der Waals surface area contributed by atoms with E-state index >= 15 is 0 Å². The standard InChI is InChI=1S/C16H20F3N5O2.C9H10/c17-16(18,19)10-24-5-3-23(4-6-24)8-14(25)21-12-1-2-13-11(7-12)9-26-15(20)22-13;1-2-5-9-7-3-6-8(9)4-1/h1-2,7H,3-6,8-10H2,(H2,20,22)(H,21,25);1-2,4-5H,3,6-7H2. The van der Waals surface area contributed by atoms with Crippen LogP contribution < -0.4 is 11.1 Å². The molecule has 0 unspecified atom stereocenters. The molecule has 0 aromatic heterocycles. The average molecular weight is 490 g/mol. The van der Waals surface area contributed by atoms with Crippen LogP contribution in [0.2, 0.25) is 0 Å². The summed E-state index contributed by atoms with van der Waals surface area (Å²) < 4.78 is 42.3. The second-order valence-corrected chi connectivity index (χ2v) is 8.92. The molecule has 35 heavy (non-hydrogen) atoms. The summed E-state index contributed by atoms with van der Waals surface area (Å²) in [5, 5.41) is 2.79. The molecular weight excluding hydrogens is 459 g/mol. The highest BCUT2D eigenvalue weighted by atomic mass is 19.4. The maximum Gasteiger partial charge on any atom is 0.401 e. The third-order valence-electron chi connectivity index (χ3n) is 6.22. The summed E-state index contributed by atoms with van der Waals surface area (Å²) in [5.41, 5.74) is 10.8. The SMILES string of the molecule is NC1=Nc2ccc(NC(=O)CN3CCN(CC(F)(F)F)CC3)cc2CO1.c1ccc2c(c1)CCC2. The third-order valence-corrected chi connectivity index (χ3v) is 6.22. The summed E-state index contributed by atoms with van der Waals surface area (Å²) >= 11 is 0. The normalized spacial score (nSPS) is 17.9. The number of nitrogens with one attached hydrogen (secondary N) is 1. The van der Waals surface area contributed by atoms with E-state index in [1.807, 2.05) is 4.90 Å². The van der Waals surface area contributed by atoms with Gasteiger partial charge in [0.05, 0.1) is 18.8 Å². The van der Waals surface area contributed by atoms with Crippen LogP contribution in [-0.4, -0.2) is 67.2 Å². The third kappa shape index (κ3) is 7.43. The highest BCUT2D eigenvalue weighted by molar-refractivity contribution is 5.92. The van der Waals surface area contributed by atoms with Gasteiger partial charge in [-0.25, -0.2) is 0 Å². The summed E-state index contributed by atoms with van der Waals surface area (Å²) in [6, 6.07) is 14.1. The fourth-order valence-electron chi connectivity index (χ4n) is 4.47. The molecule has 3 aliphatic rings. The van der Waals surface area contributed by atoms with Crippen molar-refractivity contribution in [3.8, 4) is 0 Å². The fraction of sp³-hybridized carbons (Fsp3) is 0.440. The number of nitrogens with zero attached hydrogens (tertiary/aromatic N) is 3. The molecule has 7 nitrogen and oxygen atoms in total. The highest BCUT2D eigenvalue weighted by Gasteiger charge is 2.32. The zero-order valence-electron chi connectivity index (χ0n) is 19.5. The first-order chi connectivity index (χ1) is 16.7. The minimum Gasteiger partial charge on any atom is -0.460 e. The van der Waals surface area contributed by atoms with Crippen LogP contribution in [0, 0.1) is 0 Å². The number of halogens is 3. The lowest BCUT2D eigenvalue weighted by Gasteiger charge is -2.34. The first-order valence-corrected chi connectivity index (χ1v) is 11.7. The van der Waals surface area contributed by atoms with E-state index in [-0.39, 0.29) is 25.1 Å². The van der Waals surface area contributed by atoms with E-state index in [1.54, 1.807) is 29.3 Å². The summed E-state index contributed by atoms with van der Waals surface area (Å²) in [5.74, 6) is -0.214. The zero-order chi connectivity index (χ0) is 24.8. The Bertz CT molecular complexity index is 1040. The van der Waals surface area contributed by atoms with Crippen LogP contribution in [0.4, 0.5) is 24.5 Å². The molecule has 2 heterocycles. The van der Waals surface area contributed by atoms with Crippen molar-refractivity contribution in [1.29, 1.82) is 0 Å². The molecule has 0 radical (unpaired) electrons. The molecular formula is C25H30F3N5O2. The Balaban J connectivity index is 0.000000266. The Labute approximate surface area is 202 Å². The second-order valence-electron chi connectivity index (χ2n) is 8.92. The van der Waals surface area contributed by atoms with E-state index in [1.165, 1.54) is 24.2 Å². The van der Waals surface area contributed by atoms with Crippen LogP contribution in [0.1, 0.15) is 23.1 Å². The van der Waals surface area contributed by atoms with Crippen molar-refractivity contribution in [2.24, 2.45) is 10.7 Å². The fourth-order valence-corrected chi connectivity index (χ4v) is 4.47. The summed E-state index contributed by atoms with van der Waals surface area (Å²) in [4.78, 5) is 19.4. The van der Waals surface area contributed by atoms with E-state index in [0.29, 0.717) is 37.6 Å². The maximum absolute atomic E-state index is 12.4. The molecule has 0 bridgehead atoms. The van der Waals surface area contributed by atoms with Crippen molar-refractivity contribution >= 4 is 23.3 Å². The van der Waals surface area contributed by atoms with Crippen LogP contribution in [0.5, 0.6) is 0 Å². The molecule has 2 aromatic carbocycles. The van der Waals surface area contributed by atoms with E-state index in [0.717, 1.165) is 5.56 Å². The summed E-state index contributed by atoms with van der Waals surface area (Å²) in [6.45, 7) is 0.959. The van der Waals surface area contributed by atoms with Crippen LogP contribution in [0.3, 0.4) is 0 Å². The molecule has 2 aromatic rings. The van der Waals surface area contributed by atoms with Crippen molar-refractivity contribution in [1.82, 2.24) is 9.80 Å². The number of fused-ring (bicyclic) bond motifs is 2. The van der Waals surface area contributed by atoms with Crippen molar-refractivity contribution in [3.63, 3.8) is 0 Å². The minimum atomic E-state index is -4.19. The van der Waals surface area contributed by atoms with Gasteiger partial charge in [0.1, 0.15) is 6.61 Å². The largest absolute Gasteiger partial charge is 0.460 e. The van der Waals surface area contributed by atoms with Gasteiger partial charge in [-0.3, -0.25) is 14.6 Å². The molecule has 1 amide bonds. The molecule has 188 valence electrons. The van der Waals surface area contributed by atoms with Gasteiger partial charge < -0.3 is 15.8 Å². The average Bonchev–Trinajstić information content (AvgIpc) is 3.29. The van der Waals surface area contributed by atoms with Gasteiger partial charge in [0.25, 0.3) is 6.02 Å². The van der Waals surface area contributed by atoms with Crippen molar-refractivity contribution in [3.05, 3.63) is 59.2 Å². The zero-order valence-corrected chi connectivity index (χ0v) is 19.5. The lowest BCUT2D eigenvalue weighted by molar-refractivity contribution is -0.149. The monoisotopic (exact) mass is 489 g/mol. The Morgan fingerprint density at radius 3 is 2.31 bits per heavy atom. The predicted octanol–water partition coefficient (Wildman–Crippen LogP) is 3.46. The number of ether oxygens (including phenoxy) is 1. The number of nitrogens with two attached hydrogens (primary N) is 1. The Morgan fingerprint density at radius 2 is 1.66 bits per heavy atom. The first-order valence-electron chi connectivity index (χ1n) is 11.7. The molecule has 1 fully saturated rings. The number of piperazine rings is 1. The molecule has 2 aliphatic heterocycles. The molecule has 0 atom stereocenters. The van der Waals surface area contributed by atoms with Gasteiger partial charge >= 0.3 is 6.18 Å². The van der Waals surface area contributed by atoms with Gasteiger partial charge in [-0.05, 0) is 48.6 Å². The molecule has 10 heteroatoms. The van der Waals surface area contributed by atoms with Gasteiger partial charge in [-0.15, -0.1) is 0 Å². The van der Waals surface area contributed by atoms with Crippen LogP contribution in [-0.2, 0) is 29.0 Å². The van der Waals surface area contributed by atoms with Gasteiger partial charge in [0.15, 0.2) is 0 Å².